The Morgan fingerprint density at radius 3 is 1.56 bits per heavy atom. The number of thiazole rings is 2. The van der Waals surface area contributed by atoms with Gasteiger partial charge < -0.3 is 20.4 Å². The monoisotopic (exact) mass is 906 g/mol. The summed E-state index contributed by atoms with van der Waals surface area (Å²) in [5, 5.41) is 5.57. The van der Waals surface area contributed by atoms with Gasteiger partial charge in [-0.2, -0.15) is 0 Å². The highest BCUT2D eigenvalue weighted by Gasteiger charge is 2.28. The quantitative estimate of drug-likeness (QED) is 0.103. The highest BCUT2D eigenvalue weighted by Crippen LogP contribution is 2.28. The lowest BCUT2D eigenvalue weighted by atomic mass is 10.0. The van der Waals surface area contributed by atoms with Crippen LogP contribution in [0.15, 0.2) is 125 Å². The van der Waals surface area contributed by atoms with Gasteiger partial charge in [0.2, 0.25) is 17.7 Å². The van der Waals surface area contributed by atoms with E-state index in [0.29, 0.717) is 39.7 Å². The summed E-state index contributed by atoms with van der Waals surface area (Å²) in [6, 6.07) is 21.0. The maximum Gasteiger partial charge on any atom is 0.330 e. The van der Waals surface area contributed by atoms with Gasteiger partial charge in [0.15, 0.2) is 0 Å². The summed E-state index contributed by atoms with van der Waals surface area (Å²) in [4.78, 5) is 67.9. The van der Waals surface area contributed by atoms with Crippen molar-refractivity contribution in [2.45, 2.75) is 38.0 Å². The van der Waals surface area contributed by atoms with Crippen LogP contribution >= 0.6 is 22.7 Å². The number of nitrogens with one attached hydrogen (secondary N) is 2. The van der Waals surface area contributed by atoms with E-state index in [1.807, 2.05) is 18.2 Å². The number of benzene rings is 5. The van der Waals surface area contributed by atoms with E-state index in [1.165, 1.54) is 39.2 Å². The number of rotatable bonds is 15. The molecule has 3 amide bonds. The van der Waals surface area contributed by atoms with Gasteiger partial charge in [0, 0.05) is 49.7 Å². The number of likely N-dealkylation sites (N-methyl/N-ethyl adjacent to an activating group) is 2. The minimum absolute atomic E-state index is 0.0593. The molecule has 0 aliphatic carbocycles. The minimum Gasteiger partial charge on any atom is -0.347 e. The SMILES string of the molecule is C=C(C(Cc1cc(F)cc(F)c1)NC(=O)Cn1c(=O)n(CC(=O)N[C@@H](Cc2cc(F)cc(F)c2)C(=O)N(C)c2ccc3scnc3c2)c2ccccc21)N(C)c1ccc2scnc2c1. The molecule has 1 unspecified atom stereocenters. The van der Waals surface area contributed by atoms with Crippen LogP contribution in [0, 0.1) is 23.3 Å². The van der Waals surface area contributed by atoms with Crippen LogP contribution in [0.25, 0.3) is 31.5 Å². The van der Waals surface area contributed by atoms with E-state index in [-0.39, 0.29) is 24.0 Å². The van der Waals surface area contributed by atoms with Crippen LogP contribution in [-0.2, 0) is 40.3 Å². The Morgan fingerprint density at radius 2 is 1.08 bits per heavy atom. The summed E-state index contributed by atoms with van der Waals surface area (Å²) in [5.74, 6) is -5.34. The number of carbonyl (C=O) groups is 3. The van der Waals surface area contributed by atoms with Gasteiger partial charge in [-0.05, 0) is 90.3 Å². The van der Waals surface area contributed by atoms with Crippen LogP contribution in [-0.4, -0.2) is 63.0 Å². The second kappa shape index (κ2) is 18.3. The maximum atomic E-state index is 14.4. The van der Waals surface area contributed by atoms with Crippen LogP contribution in [0.3, 0.4) is 0 Å². The van der Waals surface area contributed by atoms with Crippen molar-refractivity contribution in [3.05, 3.63) is 165 Å². The number of imidazole rings is 1. The molecule has 326 valence electrons. The number of para-hydroxylation sites is 2. The molecule has 0 fully saturated rings. The molecule has 2 N–H and O–H groups in total. The third-order valence-corrected chi connectivity index (χ3v) is 12.4. The Balaban J connectivity index is 1.04. The fourth-order valence-corrected chi connectivity index (χ4v) is 8.91. The normalized spacial score (nSPS) is 12.3. The van der Waals surface area contributed by atoms with Crippen molar-refractivity contribution in [3.63, 3.8) is 0 Å². The largest absolute Gasteiger partial charge is 0.347 e. The first-order valence-corrected chi connectivity index (χ1v) is 21.5. The Kier molecular flexibility index (Phi) is 12.4. The molecular weight excluding hydrogens is 869 g/mol. The summed E-state index contributed by atoms with van der Waals surface area (Å²) in [5.41, 5.74) is 6.56. The number of carbonyl (C=O) groups excluding carboxylic acids is 3. The van der Waals surface area contributed by atoms with Crippen LogP contribution in [0.4, 0.5) is 28.9 Å². The summed E-state index contributed by atoms with van der Waals surface area (Å²) < 4.78 is 61.5. The number of hydrogen-bond donors (Lipinski definition) is 2. The highest BCUT2D eigenvalue weighted by molar-refractivity contribution is 7.17. The Morgan fingerprint density at radius 1 is 0.641 bits per heavy atom. The summed E-state index contributed by atoms with van der Waals surface area (Å²) in [6.07, 6.45) is -0.348. The van der Waals surface area contributed by atoms with E-state index < -0.39 is 71.9 Å². The lowest BCUT2D eigenvalue weighted by Gasteiger charge is -2.29. The van der Waals surface area contributed by atoms with Gasteiger partial charge in [0.05, 0.1) is 48.5 Å². The molecule has 0 bridgehead atoms. The van der Waals surface area contributed by atoms with E-state index in [0.717, 1.165) is 49.8 Å². The topological polar surface area (TPSA) is 134 Å². The van der Waals surface area contributed by atoms with Crippen LogP contribution in [0.1, 0.15) is 11.1 Å². The lowest BCUT2D eigenvalue weighted by Crippen LogP contribution is -2.50. The van der Waals surface area contributed by atoms with Gasteiger partial charge in [0.25, 0.3) is 0 Å². The predicted octanol–water partition coefficient (Wildman–Crippen LogP) is 7.35. The van der Waals surface area contributed by atoms with Gasteiger partial charge in [-0.15, -0.1) is 22.7 Å². The first-order chi connectivity index (χ1) is 30.7. The van der Waals surface area contributed by atoms with Crippen LogP contribution < -0.4 is 26.1 Å². The fraction of sp³-hybridized carbons (Fsp3) is 0.174. The Hall–Kier alpha value is -7.18. The third-order valence-electron chi connectivity index (χ3n) is 10.8. The molecule has 18 heteroatoms. The third kappa shape index (κ3) is 9.42. The van der Waals surface area contributed by atoms with Crippen molar-refractivity contribution < 1.29 is 31.9 Å². The van der Waals surface area contributed by atoms with E-state index in [4.69, 9.17) is 0 Å². The van der Waals surface area contributed by atoms with Crippen molar-refractivity contribution >= 4 is 83.2 Å². The molecule has 0 aliphatic rings. The number of aromatic nitrogens is 4. The molecule has 12 nitrogen and oxygen atoms in total. The standard InChI is InChI=1S/C46H38F4N8O4S2/c1-26(55(2)33-8-10-41-36(20-33)51-24-63-41)35(16-27-12-29(47)18-30(48)13-27)53-43(59)22-57-39-6-4-5-7-40(39)58(46(57)62)23-44(60)54-38(17-28-14-31(49)19-32(50)15-28)45(61)56(3)34-9-11-42-37(21-34)52-25-64-42/h4-15,18-21,24-25,35,38H,1,16-17,22-23H2,2-3H3,(H,53,59)(H,54,60)/t35?,38-/m0/s1. The highest BCUT2D eigenvalue weighted by atomic mass is 32.1. The van der Waals surface area contributed by atoms with Gasteiger partial charge in [-0.25, -0.2) is 32.3 Å². The minimum atomic E-state index is -1.34. The van der Waals surface area contributed by atoms with Gasteiger partial charge in [0.1, 0.15) is 42.4 Å². The number of hydrogen-bond acceptors (Lipinski definition) is 9. The average Bonchev–Trinajstić information content (AvgIpc) is 3.99. The first-order valence-electron chi connectivity index (χ1n) is 19.7. The molecule has 3 aromatic heterocycles. The van der Waals surface area contributed by atoms with E-state index >= 15 is 0 Å². The smallest absolute Gasteiger partial charge is 0.330 e. The molecule has 0 saturated heterocycles. The van der Waals surface area contributed by atoms with Crippen LogP contribution in [0.5, 0.6) is 0 Å². The number of amides is 3. The van der Waals surface area contributed by atoms with Gasteiger partial charge in [-0.3, -0.25) is 23.5 Å². The average molecular weight is 907 g/mol. The predicted molar refractivity (Wildman–Crippen MR) is 240 cm³/mol. The molecule has 2 atom stereocenters. The second-order valence-electron chi connectivity index (χ2n) is 15.1. The van der Waals surface area contributed by atoms with Crippen molar-refractivity contribution in [2.24, 2.45) is 0 Å². The van der Waals surface area contributed by atoms with Crippen molar-refractivity contribution in [3.8, 4) is 0 Å². The number of halogens is 4. The Bertz CT molecular complexity index is 2920. The first kappa shape index (κ1) is 43.5. The second-order valence-corrected chi connectivity index (χ2v) is 16.9. The lowest BCUT2D eigenvalue weighted by molar-refractivity contribution is -0.127. The van der Waals surface area contributed by atoms with Gasteiger partial charge in [-0.1, -0.05) is 18.7 Å². The number of anilines is 2. The van der Waals surface area contributed by atoms with E-state index in [1.54, 1.807) is 65.4 Å². The zero-order valence-electron chi connectivity index (χ0n) is 34.2. The van der Waals surface area contributed by atoms with E-state index in [9.17, 15) is 36.7 Å². The Labute approximate surface area is 370 Å². The van der Waals surface area contributed by atoms with E-state index in [2.05, 4.69) is 27.2 Å². The zero-order valence-corrected chi connectivity index (χ0v) is 35.9. The number of fused-ring (bicyclic) bond motifs is 3. The molecule has 0 spiro atoms. The van der Waals surface area contributed by atoms with Crippen molar-refractivity contribution in [1.82, 2.24) is 29.7 Å². The molecule has 0 radical (unpaired) electrons. The molecule has 8 rings (SSSR count). The molecule has 8 aromatic rings. The molecule has 3 heterocycles. The summed E-state index contributed by atoms with van der Waals surface area (Å²) >= 11 is 2.90. The zero-order chi connectivity index (χ0) is 45.2. The molecular formula is C46H38F4N8O4S2. The molecule has 5 aromatic carbocycles. The summed E-state index contributed by atoms with van der Waals surface area (Å²) in [7, 11) is 3.23. The van der Waals surface area contributed by atoms with Crippen LogP contribution in [0.2, 0.25) is 0 Å². The molecule has 64 heavy (non-hydrogen) atoms. The molecule has 0 saturated carbocycles. The summed E-state index contributed by atoms with van der Waals surface area (Å²) in [6.45, 7) is 3.12. The maximum absolute atomic E-state index is 14.4. The van der Waals surface area contributed by atoms with Crippen molar-refractivity contribution in [1.29, 1.82) is 0 Å². The number of nitrogens with zero attached hydrogens (tertiary/aromatic N) is 6. The van der Waals surface area contributed by atoms with Gasteiger partial charge >= 0.3 is 5.69 Å². The van der Waals surface area contributed by atoms with Crippen molar-refractivity contribution in [2.75, 3.05) is 23.9 Å². The fourth-order valence-electron chi connectivity index (χ4n) is 7.60. The molecule has 0 aliphatic heterocycles.